The third-order valence-corrected chi connectivity index (χ3v) is 4.12. The van der Waals surface area contributed by atoms with Crippen LogP contribution in [0.3, 0.4) is 0 Å². The molecule has 0 aliphatic rings. The Morgan fingerprint density at radius 1 is 1.08 bits per heavy atom. The Labute approximate surface area is 153 Å². The van der Waals surface area contributed by atoms with E-state index in [1.54, 1.807) is 12.1 Å². The lowest BCUT2D eigenvalue weighted by Gasteiger charge is -2.24. The predicted octanol–water partition coefficient (Wildman–Crippen LogP) is 2.57. The number of likely N-dealkylation sites (N-methyl/N-ethyl adjacent to an activating group) is 1. The van der Waals surface area contributed by atoms with Crippen molar-refractivity contribution < 1.29 is 9.72 Å². The molecule has 0 radical (unpaired) electrons. The van der Waals surface area contributed by atoms with Gasteiger partial charge in [-0.25, -0.2) is 4.79 Å². The van der Waals surface area contributed by atoms with Gasteiger partial charge in [-0.15, -0.1) is 0 Å². The lowest BCUT2D eigenvalue weighted by Crippen LogP contribution is -2.44. The van der Waals surface area contributed by atoms with Gasteiger partial charge in [0.2, 0.25) is 0 Å². The molecule has 0 fully saturated rings. The zero-order chi connectivity index (χ0) is 18.9. The average Bonchev–Trinajstić information content (AvgIpc) is 2.64. The monoisotopic (exact) mass is 356 g/mol. The van der Waals surface area contributed by atoms with E-state index in [-0.39, 0.29) is 24.3 Å². The van der Waals surface area contributed by atoms with Crippen LogP contribution in [-0.2, 0) is 13.0 Å². The number of amides is 2. The van der Waals surface area contributed by atoms with Crippen molar-refractivity contribution in [2.24, 2.45) is 0 Å². The molecule has 0 unspecified atom stereocenters. The van der Waals surface area contributed by atoms with E-state index in [1.165, 1.54) is 17.7 Å². The van der Waals surface area contributed by atoms with Crippen LogP contribution in [0.15, 0.2) is 54.6 Å². The van der Waals surface area contributed by atoms with E-state index in [0.29, 0.717) is 12.1 Å². The first-order valence-electron chi connectivity index (χ1n) is 8.41. The summed E-state index contributed by atoms with van der Waals surface area (Å²) < 4.78 is 0. The highest BCUT2D eigenvalue weighted by Crippen LogP contribution is 2.12. The highest BCUT2D eigenvalue weighted by atomic mass is 16.6. The molecule has 0 bridgehead atoms. The van der Waals surface area contributed by atoms with Gasteiger partial charge in [0.25, 0.3) is 5.69 Å². The van der Waals surface area contributed by atoms with Crippen molar-refractivity contribution in [3.8, 4) is 0 Å². The van der Waals surface area contributed by atoms with Gasteiger partial charge >= 0.3 is 6.03 Å². The van der Waals surface area contributed by atoms with Crippen molar-refractivity contribution in [3.05, 3.63) is 75.8 Å². The van der Waals surface area contributed by atoms with Crippen LogP contribution in [0.25, 0.3) is 0 Å². The fraction of sp³-hybridized carbons (Fsp3) is 0.316. The Balaban J connectivity index is 1.82. The van der Waals surface area contributed by atoms with E-state index in [4.69, 9.17) is 0 Å². The maximum absolute atomic E-state index is 12.0. The zero-order valence-corrected chi connectivity index (χ0v) is 15.0. The van der Waals surface area contributed by atoms with Gasteiger partial charge in [-0.3, -0.25) is 10.1 Å². The first-order chi connectivity index (χ1) is 12.5. The Morgan fingerprint density at radius 2 is 1.77 bits per heavy atom. The molecule has 2 amide bonds. The predicted molar refractivity (Wildman–Crippen MR) is 101 cm³/mol. The van der Waals surface area contributed by atoms with E-state index in [0.717, 1.165) is 6.42 Å². The topological polar surface area (TPSA) is 87.5 Å². The van der Waals surface area contributed by atoms with Crippen LogP contribution in [0.4, 0.5) is 10.5 Å². The molecule has 7 heteroatoms. The maximum Gasteiger partial charge on any atom is 0.315 e. The molecule has 2 N–H and O–H groups in total. The number of nitrogens with one attached hydrogen (secondary N) is 2. The second-order valence-electron chi connectivity index (χ2n) is 6.30. The molecule has 0 spiro atoms. The summed E-state index contributed by atoms with van der Waals surface area (Å²) in [6.45, 7) is 0.738. The molecule has 1 atom stereocenters. The molecule has 0 aliphatic carbocycles. The molecule has 0 saturated carbocycles. The van der Waals surface area contributed by atoms with Crippen molar-refractivity contribution in [1.29, 1.82) is 0 Å². The van der Waals surface area contributed by atoms with E-state index >= 15 is 0 Å². The minimum atomic E-state index is -0.450. The van der Waals surface area contributed by atoms with Gasteiger partial charge in [-0.05, 0) is 31.6 Å². The van der Waals surface area contributed by atoms with Crippen LogP contribution in [0.1, 0.15) is 11.1 Å². The Hall–Kier alpha value is -2.93. The number of non-ortho nitro benzene ring substituents is 1. The molecule has 0 aromatic heterocycles. The van der Waals surface area contributed by atoms with Gasteiger partial charge in [0.15, 0.2) is 0 Å². The lowest BCUT2D eigenvalue weighted by molar-refractivity contribution is -0.384. The second kappa shape index (κ2) is 9.53. The summed E-state index contributed by atoms with van der Waals surface area (Å²) >= 11 is 0. The van der Waals surface area contributed by atoms with E-state index < -0.39 is 4.92 Å². The van der Waals surface area contributed by atoms with Gasteiger partial charge in [-0.1, -0.05) is 42.5 Å². The summed E-state index contributed by atoms with van der Waals surface area (Å²) in [5.74, 6) is 0. The second-order valence-corrected chi connectivity index (χ2v) is 6.30. The molecule has 2 rings (SSSR count). The molecule has 0 aliphatic heterocycles. The lowest BCUT2D eigenvalue weighted by atomic mass is 10.1. The summed E-state index contributed by atoms with van der Waals surface area (Å²) in [4.78, 5) is 24.5. The number of nitro benzene ring substituents is 1. The number of hydrogen-bond donors (Lipinski definition) is 2. The maximum atomic E-state index is 12.0. The number of urea groups is 1. The van der Waals surface area contributed by atoms with Gasteiger partial charge in [0.1, 0.15) is 0 Å². The molecule has 0 heterocycles. The van der Waals surface area contributed by atoms with E-state index in [2.05, 4.69) is 27.7 Å². The van der Waals surface area contributed by atoms with Gasteiger partial charge in [0.05, 0.1) is 4.92 Å². The fourth-order valence-corrected chi connectivity index (χ4v) is 2.56. The fourth-order valence-electron chi connectivity index (χ4n) is 2.56. The van der Waals surface area contributed by atoms with Crippen molar-refractivity contribution in [1.82, 2.24) is 15.5 Å². The number of hydrogen-bond acceptors (Lipinski definition) is 4. The van der Waals surface area contributed by atoms with E-state index in [9.17, 15) is 14.9 Å². The molecule has 26 heavy (non-hydrogen) atoms. The van der Waals surface area contributed by atoms with Crippen LogP contribution in [0.2, 0.25) is 0 Å². The summed E-state index contributed by atoms with van der Waals surface area (Å²) in [6, 6.07) is 16.2. The van der Waals surface area contributed by atoms with Crippen molar-refractivity contribution in [2.45, 2.75) is 19.0 Å². The van der Waals surface area contributed by atoms with Crippen LogP contribution in [-0.4, -0.2) is 42.5 Å². The van der Waals surface area contributed by atoms with Crippen molar-refractivity contribution in [3.63, 3.8) is 0 Å². The standard InChI is InChI=1S/C19H24N4O3/c1-22(2)18(11-15-7-4-3-5-8-15)14-21-19(24)20-13-16-9-6-10-17(12-16)23(25)26/h3-10,12,18H,11,13-14H2,1-2H3,(H2,20,21,24)/t18-/m0/s1. The number of nitro groups is 1. The molecule has 7 nitrogen and oxygen atoms in total. The average molecular weight is 356 g/mol. The van der Waals surface area contributed by atoms with Gasteiger partial charge in [0, 0.05) is 31.3 Å². The van der Waals surface area contributed by atoms with Crippen LogP contribution in [0.5, 0.6) is 0 Å². The van der Waals surface area contributed by atoms with Crippen molar-refractivity contribution in [2.75, 3.05) is 20.6 Å². The minimum Gasteiger partial charge on any atom is -0.337 e. The van der Waals surface area contributed by atoms with Gasteiger partial charge in [-0.2, -0.15) is 0 Å². The summed E-state index contributed by atoms with van der Waals surface area (Å²) in [7, 11) is 3.96. The largest absolute Gasteiger partial charge is 0.337 e. The Bertz CT molecular complexity index is 735. The van der Waals surface area contributed by atoms with E-state index in [1.807, 2.05) is 32.3 Å². The van der Waals surface area contributed by atoms with Crippen LogP contribution in [0, 0.1) is 10.1 Å². The molecule has 138 valence electrons. The number of carbonyl (C=O) groups excluding carboxylic acids is 1. The summed E-state index contributed by atoms with van der Waals surface area (Å²) in [5, 5.41) is 16.4. The highest BCUT2D eigenvalue weighted by Gasteiger charge is 2.14. The number of rotatable bonds is 8. The number of carbonyl (C=O) groups is 1. The minimum absolute atomic E-state index is 0.0141. The number of nitrogens with zero attached hydrogens (tertiary/aromatic N) is 2. The Morgan fingerprint density at radius 3 is 2.42 bits per heavy atom. The molecule has 2 aromatic rings. The molecular formula is C19H24N4O3. The summed E-state index contributed by atoms with van der Waals surface area (Å²) in [6.07, 6.45) is 0.832. The van der Waals surface area contributed by atoms with Crippen molar-refractivity contribution >= 4 is 11.7 Å². The highest BCUT2D eigenvalue weighted by molar-refractivity contribution is 5.73. The first-order valence-corrected chi connectivity index (χ1v) is 8.41. The Kier molecular flexibility index (Phi) is 7.11. The van der Waals surface area contributed by atoms with Crippen LogP contribution >= 0.6 is 0 Å². The smallest absolute Gasteiger partial charge is 0.315 e. The third-order valence-electron chi connectivity index (χ3n) is 4.12. The zero-order valence-electron chi connectivity index (χ0n) is 15.0. The molecular weight excluding hydrogens is 332 g/mol. The van der Waals surface area contributed by atoms with Crippen LogP contribution < -0.4 is 10.6 Å². The summed E-state index contributed by atoms with van der Waals surface area (Å²) in [5.41, 5.74) is 1.91. The molecule has 2 aromatic carbocycles. The SMILES string of the molecule is CN(C)[C@H](CNC(=O)NCc1cccc([N+](=O)[O-])c1)Cc1ccccc1. The van der Waals surface area contributed by atoms with Gasteiger partial charge < -0.3 is 15.5 Å². The molecule has 0 saturated heterocycles. The normalized spacial score (nSPS) is 11.8. The number of benzene rings is 2. The third kappa shape index (κ3) is 6.18. The first kappa shape index (κ1) is 19.4. The quantitative estimate of drug-likeness (QED) is 0.562.